The van der Waals surface area contributed by atoms with Crippen LogP contribution in [0.5, 0.6) is 6.01 Å². The Kier molecular flexibility index (Phi) is 6.69. The Bertz CT molecular complexity index is 1120. The van der Waals surface area contributed by atoms with E-state index in [9.17, 15) is 5.11 Å². The molecule has 1 saturated carbocycles. The van der Waals surface area contributed by atoms with Gasteiger partial charge in [-0.15, -0.1) is 0 Å². The average molecular weight is 485 g/mol. The van der Waals surface area contributed by atoms with Gasteiger partial charge in [0.05, 0.1) is 29.4 Å². The summed E-state index contributed by atoms with van der Waals surface area (Å²) >= 11 is 6.60. The van der Waals surface area contributed by atoms with Gasteiger partial charge in [-0.05, 0) is 55.2 Å². The van der Waals surface area contributed by atoms with Crippen LogP contribution >= 0.6 is 11.6 Å². The maximum atomic E-state index is 9.66. The first-order valence-electron chi connectivity index (χ1n) is 12.2. The summed E-state index contributed by atoms with van der Waals surface area (Å²) in [7, 11) is 0. The van der Waals surface area contributed by atoms with Crippen molar-refractivity contribution >= 4 is 28.5 Å². The van der Waals surface area contributed by atoms with Crippen LogP contribution in [0.15, 0.2) is 30.3 Å². The largest absolute Gasteiger partial charge is 0.461 e. The van der Waals surface area contributed by atoms with E-state index in [1.165, 1.54) is 5.69 Å². The molecule has 0 radical (unpaired) electrons. The standard InChI is InChI=1S/C26H33ClN4O3/c1-26(2,16-32)18-5-9-20(10-6-18)34-25-28-22-15-21(27)23(29-24(22)30-25)17-3-7-19(8-4-17)31-11-13-33-14-12-31/h3-4,7-8,15,18,20,32H,5-6,9-14,16H2,1-2H3,(H,28,29,30)/t18-,20-. The minimum Gasteiger partial charge on any atom is -0.461 e. The number of benzene rings is 1. The molecule has 1 aliphatic heterocycles. The van der Waals surface area contributed by atoms with Crippen LogP contribution in [0.4, 0.5) is 5.69 Å². The van der Waals surface area contributed by atoms with Crippen LogP contribution in [-0.2, 0) is 4.74 Å². The van der Waals surface area contributed by atoms with E-state index in [4.69, 9.17) is 26.1 Å². The molecular weight excluding hydrogens is 452 g/mol. The van der Waals surface area contributed by atoms with Crippen molar-refractivity contribution in [2.75, 3.05) is 37.8 Å². The number of aromatic amines is 1. The predicted molar refractivity (Wildman–Crippen MR) is 135 cm³/mol. The molecule has 7 nitrogen and oxygen atoms in total. The fourth-order valence-corrected chi connectivity index (χ4v) is 5.32. The van der Waals surface area contributed by atoms with E-state index in [2.05, 4.69) is 53.0 Å². The number of nitrogens with zero attached hydrogens (tertiary/aromatic N) is 3. The zero-order valence-electron chi connectivity index (χ0n) is 19.9. The maximum absolute atomic E-state index is 9.66. The highest BCUT2D eigenvalue weighted by Crippen LogP contribution is 2.39. The second-order valence-electron chi connectivity index (χ2n) is 10.1. The van der Waals surface area contributed by atoms with Gasteiger partial charge in [0.2, 0.25) is 0 Å². The van der Waals surface area contributed by atoms with Gasteiger partial charge in [-0.2, -0.15) is 4.98 Å². The van der Waals surface area contributed by atoms with Gasteiger partial charge in [0, 0.05) is 30.9 Å². The van der Waals surface area contributed by atoms with Gasteiger partial charge in [-0.3, -0.25) is 0 Å². The molecular formula is C26H33ClN4O3. The van der Waals surface area contributed by atoms with E-state index >= 15 is 0 Å². The summed E-state index contributed by atoms with van der Waals surface area (Å²) in [5.74, 6) is 0.519. The summed E-state index contributed by atoms with van der Waals surface area (Å²) in [6.07, 6.45) is 4.13. The predicted octanol–water partition coefficient (Wildman–Crippen LogP) is 5.07. The number of H-pyrrole nitrogens is 1. The number of anilines is 1. The molecule has 1 aliphatic carbocycles. The Balaban J connectivity index is 1.28. The molecule has 0 unspecified atom stereocenters. The lowest BCUT2D eigenvalue weighted by atomic mass is 9.71. The number of pyridine rings is 1. The van der Waals surface area contributed by atoms with Gasteiger partial charge in [0.25, 0.3) is 6.01 Å². The average Bonchev–Trinajstić information content (AvgIpc) is 3.25. The maximum Gasteiger partial charge on any atom is 0.296 e. The van der Waals surface area contributed by atoms with Gasteiger partial charge < -0.3 is 24.5 Å². The number of nitrogens with one attached hydrogen (secondary N) is 1. The van der Waals surface area contributed by atoms with Gasteiger partial charge in [0.1, 0.15) is 6.10 Å². The van der Waals surface area contributed by atoms with Gasteiger partial charge in [-0.1, -0.05) is 37.6 Å². The van der Waals surface area contributed by atoms with Crippen LogP contribution in [0, 0.1) is 11.3 Å². The molecule has 0 bridgehead atoms. The van der Waals surface area contributed by atoms with Crippen LogP contribution in [0.2, 0.25) is 5.02 Å². The molecule has 1 saturated heterocycles. The Labute approximate surface area is 205 Å². The van der Waals surface area contributed by atoms with Crippen LogP contribution < -0.4 is 9.64 Å². The molecule has 2 N–H and O–H groups in total. The van der Waals surface area contributed by atoms with E-state index in [-0.39, 0.29) is 18.1 Å². The zero-order valence-corrected chi connectivity index (χ0v) is 20.6. The molecule has 1 aromatic carbocycles. The summed E-state index contributed by atoms with van der Waals surface area (Å²) in [4.78, 5) is 14.9. The van der Waals surface area contributed by atoms with Crippen molar-refractivity contribution in [1.82, 2.24) is 15.0 Å². The molecule has 5 rings (SSSR count). The zero-order chi connectivity index (χ0) is 23.7. The third-order valence-corrected chi connectivity index (χ3v) is 7.68. The minimum atomic E-state index is -0.0399. The number of imidazole rings is 1. The third kappa shape index (κ3) is 4.88. The molecule has 2 fully saturated rings. The molecule has 0 atom stereocenters. The Morgan fingerprint density at radius 2 is 1.82 bits per heavy atom. The monoisotopic (exact) mass is 484 g/mol. The van der Waals surface area contributed by atoms with Crippen molar-refractivity contribution < 1.29 is 14.6 Å². The highest BCUT2D eigenvalue weighted by atomic mass is 35.5. The number of aliphatic hydroxyl groups is 1. The number of halogens is 1. The van der Waals surface area contributed by atoms with Crippen LogP contribution in [0.25, 0.3) is 22.4 Å². The molecule has 34 heavy (non-hydrogen) atoms. The lowest BCUT2D eigenvalue weighted by Gasteiger charge is -2.37. The fraction of sp³-hybridized carbons (Fsp3) is 0.538. The molecule has 3 aromatic rings. The highest BCUT2D eigenvalue weighted by Gasteiger charge is 2.33. The highest BCUT2D eigenvalue weighted by molar-refractivity contribution is 6.33. The first kappa shape index (κ1) is 23.4. The summed E-state index contributed by atoms with van der Waals surface area (Å²) in [6, 6.07) is 10.7. The van der Waals surface area contributed by atoms with Crippen molar-refractivity contribution in [2.24, 2.45) is 11.3 Å². The number of morpholine rings is 1. The first-order chi connectivity index (χ1) is 16.4. The van der Waals surface area contributed by atoms with Crippen molar-refractivity contribution in [3.8, 4) is 17.3 Å². The number of fused-ring (bicyclic) bond motifs is 1. The first-order valence-corrected chi connectivity index (χ1v) is 12.6. The van der Waals surface area contributed by atoms with Gasteiger partial charge in [0.15, 0.2) is 5.65 Å². The summed E-state index contributed by atoms with van der Waals surface area (Å²) in [5.41, 5.74) is 4.18. The molecule has 182 valence electrons. The Hall–Kier alpha value is -2.35. The minimum absolute atomic E-state index is 0.0399. The lowest BCUT2D eigenvalue weighted by molar-refractivity contribution is 0.0389. The second kappa shape index (κ2) is 9.72. The normalized spacial score (nSPS) is 21.7. The number of aromatic nitrogens is 3. The van der Waals surface area contributed by atoms with Crippen LogP contribution in [0.3, 0.4) is 0 Å². The Morgan fingerprint density at radius 3 is 2.50 bits per heavy atom. The lowest BCUT2D eigenvalue weighted by Crippen LogP contribution is -2.36. The summed E-state index contributed by atoms with van der Waals surface area (Å²) in [6.45, 7) is 7.83. The smallest absolute Gasteiger partial charge is 0.296 e. The molecule has 3 heterocycles. The summed E-state index contributed by atoms with van der Waals surface area (Å²) < 4.78 is 11.6. The van der Waals surface area contributed by atoms with E-state index in [1.807, 2.05) is 6.07 Å². The SMILES string of the molecule is CC(C)(CO)[C@H]1CC[C@H](Oc2nc3nc(-c4ccc(N5CCOCC5)cc4)c(Cl)cc3[nH]2)CC1. The molecule has 8 heteroatoms. The number of aliphatic hydroxyl groups excluding tert-OH is 1. The van der Waals surface area contributed by atoms with Gasteiger partial charge in [-0.25, -0.2) is 4.98 Å². The fourth-order valence-electron chi connectivity index (χ4n) is 5.05. The van der Waals surface area contributed by atoms with E-state index in [1.54, 1.807) is 0 Å². The Morgan fingerprint density at radius 1 is 1.12 bits per heavy atom. The van der Waals surface area contributed by atoms with Crippen molar-refractivity contribution in [3.63, 3.8) is 0 Å². The van der Waals surface area contributed by atoms with Crippen LogP contribution in [-0.4, -0.2) is 59.1 Å². The van der Waals surface area contributed by atoms with E-state index in [0.29, 0.717) is 28.3 Å². The quantitative estimate of drug-likeness (QED) is 0.508. The van der Waals surface area contributed by atoms with Crippen molar-refractivity contribution in [1.29, 1.82) is 0 Å². The van der Waals surface area contributed by atoms with Crippen molar-refractivity contribution in [2.45, 2.75) is 45.6 Å². The number of hydrogen-bond donors (Lipinski definition) is 2. The second-order valence-corrected chi connectivity index (χ2v) is 10.5. The molecule has 0 spiro atoms. The van der Waals surface area contributed by atoms with Crippen molar-refractivity contribution in [3.05, 3.63) is 35.4 Å². The van der Waals surface area contributed by atoms with Gasteiger partial charge >= 0.3 is 0 Å². The number of ether oxygens (including phenoxy) is 2. The molecule has 0 amide bonds. The topological polar surface area (TPSA) is 83.5 Å². The number of hydrogen-bond acceptors (Lipinski definition) is 6. The number of rotatable bonds is 6. The summed E-state index contributed by atoms with van der Waals surface area (Å²) in [5, 5.41) is 10.2. The van der Waals surface area contributed by atoms with E-state index < -0.39 is 0 Å². The third-order valence-electron chi connectivity index (χ3n) is 7.39. The molecule has 2 aromatic heterocycles. The molecule has 2 aliphatic rings. The van der Waals surface area contributed by atoms with Crippen LogP contribution in [0.1, 0.15) is 39.5 Å². The van der Waals surface area contributed by atoms with E-state index in [0.717, 1.165) is 63.1 Å².